The van der Waals surface area contributed by atoms with E-state index in [0.717, 1.165) is 24.3 Å². The van der Waals surface area contributed by atoms with E-state index in [-0.39, 0.29) is 12.0 Å². The van der Waals surface area contributed by atoms with Crippen LogP contribution in [0.1, 0.15) is 21.5 Å². The molecule has 0 saturated heterocycles. The first-order chi connectivity index (χ1) is 10.8. The Balaban J connectivity index is 2.11. The van der Waals surface area contributed by atoms with Gasteiger partial charge in [-0.15, -0.1) is 0 Å². The highest BCUT2D eigenvalue weighted by molar-refractivity contribution is 6.04. The van der Waals surface area contributed by atoms with Crippen molar-refractivity contribution in [2.45, 2.75) is 12.6 Å². The van der Waals surface area contributed by atoms with Gasteiger partial charge in [-0.05, 0) is 42.0 Å². The molecule has 0 saturated carbocycles. The molecule has 0 aliphatic heterocycles. The molecule has 2 aromatic rings. The summed E-state index contributed by atoms with van der Waals surface area (Å²) in [6, 6.07) is 10.1. The van der Waals surface area contributed by atoms with Gasteiger partial charge in [-0.2, -0.15) is 13.2 Å². The lowest BCUT2D eigenvalue weighted by molar-refractivity contribution is -0.138. The maximum Gasteiger partial charge on any atom is 0.416 e. The van der Waals surface area contributed by atoms with Crippen LogP contribution in [0.25, 0.3) is 0 Å². The molecule has 2 aromatic carbocycles. The van der Waals surface area contributed by atoms with Crippen LogP contribution in [-0.4, -0.2) is 17.0 Å². The second-order valence-corrected chi connectivity index (χ2v) is 4.80. The molecule has 0 bridgehead atoms. The Bertz CT molecular complexity index is 724. The number of halogens is 3. The van der Waals surface area contributed by atoms with Crippen molar-refractivity contribution in [1.29, 1.82) is 0 Å². The first-order valence-electron chi connectivity index (χ1n) is 6.55. The van der Waals surface area contributed by atoms with Crippen LogP contribution in [-0.2, 0) is 17.4 Å². The van der Waals surface area contributed by atoms with Crippen LogP contribution in [0.15, 0.2) is 48.5 Å². The molecule has 0 fully saturated rings. The molecule has 0 spiro atoms. The number of amides is 1. The molecular formula is C16H12F3NO3. The van der Waals surface area contributed by atoms with E-state index in [1.807, 2.05) is 0 Å². The maximum atomic E-state index is 12.5. The van der Waals surface area contributed by atoms with Crippen molar-refractivity contribution in [3.8, 4) is 0 Å². The summed E-state index contributed by atoms with van der Waals surface area (Å²) in [7, 11) is 0. The fraction of sp³-hybridized carbons (Fsp3) is 0.125. The fourth-order valence-corrected chi connectivity index (χ4v) is 1.95. The minimum absolute atomic E-state index is 0.0710. The van der Waals surface area contributed by atoms with Gasteiger partial charge in [0.15, 0.2) is 0 Å². The number of rotatable bonds is 4. The molecule has 4 nitrogen and oxygen atoms in total. The number of carboxylic acid groups (broad SMARTS) is 1. The van der Waals surface area contributed by atoms with Gasteiger partial charge in [0.25, 0.3) is 5.91 Å². The predicted octanol–water partition coefficient (Wildman–Crippen LogP) is 3.58. The Morgan fingerprint density at radius 1 is 1.04 bits per heavy atom. The molecule has 1 amide bonds. The number of hydrogen-bond acceptors (Lipinski definition) is 2. The number of aliphatic carboxylic acids is 1. The molecule has 0 aliphatic carbocycles. The van der Waals surface area contributed by atoms with Gasteiger partial charge in [0.05, 0.1) is 12.0 Å². The highest BCUT2D eigenvalue weighted by Gasteiger charge is 2.30. The van der Waals surface area contributed by atoms with Crippen LogP contribution in [0.2, 0.25) is 0 Å². The Labute approximate surface area is 129 Å². The highest BCUT2D eigenvalue weighted by Crippen LogP contribution is 2.29. The van der Waals surface area contributed by atoms with Crippen LogP contribution in [0, 0.1) is 0 Å². The monoisotopic (exact) mass is 323 g/mol. The SMILES string of the molecule is O=C(O)Cc1cccc(NC(=O)c2ccc(C(F)(F)F)cc2)c1. The zero-order valence-corrected chi connectivity index (χ0v) is 11.7. The lowest BCUT2D eigenvalue weighted by atomic mass is 10.1. The summed E-state index contributed by atoms with van der Waals surface area (Å²) >= 11 is 0. The van der Waals surface area contributed by atoms with Gasteiger partial charge in [0.1, 0.15) is 0 Å². The van der Waals surface area contributed by atoms with Gasteiger partial charge in [-0.25, -0.2) is 0 Å². The first-order valence-corrected chi connectivity index (χ1v) is 6.55. The number of benzene rings is 2. The minimum atomic E-state index is -4.46. The minimum Gasteiger partial charge on any atom is -0.481 e. The van der Waals surface area contributed by atoms with Crippen molar-refractivity contribution in [3.05, 3.63) is 65.2 Å². The molecule has 0 atom stereocenters. The molecule has 2 N–H and O–H groups in total. The number of carboxylic acids is 1. The van der Waals surface area contributed by atoms with Gasteiger partial charge in [0, 0.05) is 11.3 Å². The van der Waals surface area contributed by atoms with Crippen LogP contribution in [0.3, 0.4) is 0 Å². The topological polar surface area (TPSA) is 66.4 Å². The average Bonchev–Trinajstić information content (AvgIpc) is 2.46. The van der Waals surface area contributed by atoms with Crippen molar-refractivity contribution in [2.75, 3.05) is 5.32 Å². The second-order valence-electron chi connectivity index (χ2n) is 4.80. The molecule has 0 heterocycles. The van der Waals surface area contributed by atoms with Gasteiger partial charge < -0.3 is 10.4 Å². The Hall–Kier alpha value is -2.83. The van der Waals surface area contributed by atoms with Gasteiger partial charge in [-0.1, -0.05) is 12.1 Å². The standard InChI is InChI=1S/C16H12F3NO3/c17-16(18,19)12-6-4-11(5-7-12)15(23)20-13-3-1-2-10(8-13)9-14(21)22/h1-8H,9H2,(H,20,23)(H,21,22). The van der Waals surface area contributed by atoms with E-state index < -0.39 is 23.6 Å². The number of hydrogen-bond donors (Lipinski definition) is 2. The van der Waals surface area contributed by atoms with Gasteiger partial charge in [0.2, 0.25) is 0 Å². The van der Waals surface area contributed by atoms with Gasteiger partial charge >= 0.3 is 12.1 Å². The van der Waals surface area contributed by atoms with Crippen LogP contribution in [0.4, 0.5) is 18.9 Å². The molecule has 2 rings (SSSR count). The van der Waals surface area contributed by atoms with Crippen molar-refractivity contribution in [3.63, 3.8) is 0 Å². The van der Waals surface area contributed by atoms with Crippen molar-refractivity contribution in [1.82, 2.24) is 0 Å². The second kappa shape index (κ2) is 6.51. The third-order valence-corrected chi connectivity index (χ3v) is 3.01. The molecule has 0 unspecified atom stereocenters. The molecule has 0 radical (unpaired) electrons. The largest absolute Gasteiger partial charge is 0.481 e. The highest BCUT2D eigenvalue weighted by atomic mass is 19.4. The Morgan fingerprint density at radius 3 is 2.26 bits per heavy atom. The summed E-state index contributed by atoms with van der Waals surface area (Å²) in [4.78, 5) is 22.7. The number of anilines is 1. The third kappa shape index (κ3) is 4.57. The van der Waals surface area contributed by atoms with Crippen LogP contribution < -0.4 is 5.32 Å². The lowest BCUT2D eigenvalue weighted by Crippen LogP contribution is -2.13. The molecule has 120 valence electrons. The number of carbonyl (C=O) groups is 2. The summed E-state index contributed by atoms with van der Waals surface area (Å²) in [5, 5.41) is 11.2. The summed E-state index contributed by atoms with van der Waals surface area (Å²) in [6.07, 6.45) is -4.65. The predicted molar refractivity (Wildman–Crippen MR) is 77.2 cm³/mol. The summed E-state index contributed by atoms with van der Waals surface area (Å²) in [6.45, 7) is 0. The smallest absolute Gasteiger partial charge is 0.416 e. The average molecular weight is 323 g/mol. The summed E-state index contributed by atoms with van der Waals surface area (Å²) in [5.74, 6) is -1.58. The van der Waals surface area contributed by atoms with E-state index in [4.69, 9.17) is 5.11 Å². The van der Waals surface area contributed by atoms with Crippen molar-refractivity contribution >= 4 is 17.6 Å². The van der Waals surface area contributed by atoms with E-state index in [9.17, 15) is 22.8 Å². The summed E-state index contributed by atoms with van der Waals surface area (Å²) < 4.78 is 37.4. The van der Waals surface area contributed by atoms with Crippen LogP contribution in [0.5, 0.6) is 0 Å². The number of nitrogens with one attached hydrogen (secondary N) is 1. The van der Waals surface area contributed by atoms with E-state index >= 15 is 0 Å². The first kappa shape index (κ1) is 16.5. The molecule has 23 heavy (non-hydrogen) atoms. The Morgan fingerprint density at radius 2 is 1.70 bits per heavy atom. The zero-order chi connectivity index (χ0) is 17.0. The maximum absolute atomic E-state index is 12.5. The molecule has 0 aliphatic rings. The molecular weight excluding hydrogens is 311 g/mol. The van der Waals surface area contributed by atoms with Gasteiger partial charge in [-0.3, -0.25) is 9.59 Å². The quantitative estimate of drug-likeness (QED) is 0.904. The number of alkyl halides is 3. The zero-order valence-electron chi connectivity index (χ0n) is 11.7. The Kier molecular flexibility index (Phi) is 4.68. The summed E-state index contributed by atoms with van der Waals surface area (Å²) in [5.41, 5.74) is 0.107. The van der Waals surface area contributed by atoms with Crippen LogP contribution >= 0.6 is 0 Å². The normalized spacial score (nSPS) is 11.1. The van der Waals surface area contributed by atoms with E-state index in [1.165, 1.54) is 6.07 Å². The van der Waals surface area contributed by atoms with E-state index in [2.05, 4.69) is 5.32 Å². The van der Waals surface area contributed by atoms with E-state index in [0.29, 0.717) is 11.3 Å². The van der Waals surface area contributed by atoms with Crippen molar-refractivity contribution < 1.29 is 27.9 Å². The van der Waals surface area contributed by atoms with E-state index in [1.54, 1.807) is 18.2 Å². The number of carbonyl (C=O) groups excluding carboxylic acids is 1. The molecule has 7 heteroatoms. The lowest BCUT2D eigenvalue weighted by Gasteiger charge is -2.09. The fourth-order valence-electron chi connectivity index (χ4n) is 1.95. The van der Waals surface area contributed by atoms with Crippen molar-refractivity contribution in [2.24, 2.45) is 0 Å². The molecule has 0 aromatic heterocycles. The third-order valence-electron chi connectivity index (χ3n) is 3.01.